The van der Waals surface area contributed by atoms with Crippen LogP contribution in [0.1, 0.15) is 12.8 Å². The number of ether oxygens (including phenoxy) is 1. The Morgan fingerprint density at radius 2 is 1.67 bits per heavy atom. The zero-order valence-corrected chi connectivity index (χ0v) is 17.0. The fourth-order valence-electron chi connectivity index (χ4n) is 2.96. The highest BCUT2D eigenvalue weighted by atomic mass is 32.2. The monoisotopic (exact) mass is 404 g/mol. The number of anilines is 1. The van der Waals surface area contributed by atoms with Gasteiger partial charge in [-0.3, -0.25) is 0 Å². The maximum Gasteiger partial charge on any atom is 0.136 e. The van der Waals surface area contributed by atoms with Crippen molar-refractivity contribution >= 4 is 34.0 Å². The number of nitrogens with zero attached hydrogens (tertiary/aromatic N) is 2. The normalized spacial score (nSPS) is 14.3. The van der Waals surface area contributed by atoms with E-state index < -0.39 is 0 Å². The molecule has 1 aliphatic rings. The molecule has 2 aromatic carbocycles. The highest BCUT2D eigenvalue weighted by molar-refractivity contribution is 8.22. The van der Waals surface area contributed by atoms with Crippen molar-refractivity contribution < 1.29 is 9.13 Å². The van der Waals surface area contributed by atoms with E-state index in [1.165, 1.54) is 12.1 Å². The predicted octanol–water partition coefficient (Wildman–Crippen LogP) is 4.83. The van der Waals surface area contributed by atoms with Crippen LogP contribution in [0.25, 0.3) is 0 Å². The molecule has 1 aliphatic heterocycles. The summed E-state index contributed by atoms with van der Waals surface area (Å²) in [4.78, 5) is 4.56. The van der Waals surface area contributed by atoms with E-state index in [-0.39, 0.29) is 5.82 Å². The number of benzene rings is 2. The average Bonchev–Trinajstić information content (AvgIpc) is 2.72. The summed E-state index contributed by atoms with van der Waals surface area (Å²) in [6.45, 7) is 4.41. The molecule has 3 nitrogen and oxygen atoms in total. The standard InChI is InChI=1S/C21H25FN2OS2/c22-18-8-10-19(11-9-18)23-12-14-24(15-13-23)21(26)27-17-5-4-16-25-20-6-2-1-3-7-20/h1-3,6-11H,4-5,12-17H2. The number of unbranched alkanes of at least 4 members (excludes halogenated alkanes) is 1. The second-order valence-electron chi connectivity index (χ2n) is 6.43. The maximum absolute atomic E-state index is 13.0. The fourth-order valence-corrected chi connectivity index (χ4v) is 4.28. The molecule has 0 aliphatic carbocycles. The smallest absolute Gasteiger partial charge is 0.136 e. The quantitative estimate of drug-likeness (QED) is 0.484. The average molecular weight is 405 g/mol. The molecule has 0 saturated carbocycles. The zero-order chi connectivity index (χ0) is 18.9. The van der Waals surface area contributed by atoms with Gasteiger partial charge in [0, 0.05) is 37.6 Å². The van der Waals surface area contributed by atoms with Gasteiger partial charge in [0.15, 0.2) is 0 Å². The molecule has 0 unspecified atom stereocenters. The lowest BCUT2D eigenvalue weighted by Crippen LogP contribution is -2.47. The van der Waals surface area contributed by atoms with Crippen LogP contribution in [-0.4, -0.2) is 47.8 Å². The minimum Gasteiger partial charge on any atom is -0.494 e. The first kappa shape index (κ1) is 20.0. The molecule has 1 fully saturated rings. The SMILES string of the molecule is Fc1ccc(N2CCN(C(=S)SCCCCOc3ccccc3)CC2)cc1. The molecule has 1 heterocycles. The van der Waals surface area contributed by atoms with E-state index >= 15 is 0 Å². The third kappa shape index (κ3) is 6.40. The van der Waals surface area contributed by atoms with E-state index in [0.29, 0.717) is 0 Å². The van der Waals surface area contributed by atoms with Gasteiger partial charge in [0.05, 0.1) is 6.61 Å². The Balaban J connectivity index is 1.28. The molecule has 6 heteroatoms. The number of rotatable bonds is 7. The van der Waals surface area contributed by atoms with Crippen LogP contribution < -0.4 is 9.64 Å². The Hall–Kier alpha value is -1.79. The topological polar surface area (TPSA) is 15.7 Å². The Labute approximate surface area is 170 Å². The number of thiocarbonyl (C=S) groups is 1. The Kier molecular flexibility index (Phi) is 7.78. The van der Waals surface area contributed by atoms with Crippen LogP contribution in [0.3, 0.4) is 0 Å². The van der Waals surface area contributed by atoms with E-state index in [1.54, 1.807) is 11.8 Å². The lowest BCUT2D eigenvalue weighted by atomic mass is 10.2. The van der Waals surface area contributed by atoms with Crippen LogP contribution in [0.5, 0.6) is 5.75 Å². The summed E-state index contributed by atoms with van der Waals surface area (Å²) >= 11 is 7.35. The lowest BCUT2D eigenvalue weighted by Gasteiger charge is -2.37. The second-order valence-corrected chi connectivity index (χ2v) is 8.16. The van der Waals surface area contributed by atoms with Gasteiger partial charge in [-0.2, -0.15) is 0 Å². The zero-order valence-electron chi connectivity index (χ0n) is 15.4. The second kappa shape index (κ2) is 10.5. The number of hydrogen-bond acceptors (Lipinski definition) is 4. The first-order chi connectivity index (χ1) is 13.2. The van der Waals surface area contributed by atoms with Gasteiger partial charge in [0.2, 0.25) is 0 Å². The van der Waals surface area contributed by atoms with Crippen molar-refractivity contribution in [3.05, 3.63) is 60.4 Å². The van der Waals surface area contributed by atoms with Crippen LogP contribution in [0.15, 0.2) is 54.6 Å². The largest absolute Gasteiger partial charge is 0.494 e. The number of piperazine rings is 1. The summed E-state index contributed by atoms with van der Waals surface area (Å²) in [7, 11) is 0. The third-order valence-corrected chi connectivity index (χ3v) is 6.12. The molecule has 0 amide bonds. The van der Waals surface area contributed by atoms with E-state index in [4.69, 9.17) is 17.0 Å². The van der Waals surface area contributed by atoms with E-state index in [1.807, 2.05) is 42.5 Å². The van der Waals surface area contributed by atoms with Gasteiger partial charge in [-0.1, -0.05) is 42.2 Å². The number of halogens is 1. The van der Waals surface area contributed by atoms with Gasteiger partial charge in [0.25, 0.3) is 0 Å². The number of para-hydroxylation sites is 1. The molecule has 3 rings (SSSR count). The molecule has 0 bridgehead atoms. The van der Waals surface area contributed by atoms with Crippen LogP contribution in [0.4, 0.5) is 10.1 Å². The van der Waals surface area contributed by atoms with Crippen LogP contribution in [0, 0.1) is 5.82 Å². The maximum atomic E-state index is 13.0. The van der Waals surface area contributed by atoms with Gasteiger partial charge in [-0.05, 0) is 49.2 Å². The predicted molar refractivity (Wildman–Crippen MR) is 116 cm³/mol. The van der Waals surface area contributed by atoms with Crippen LogP contribution in [-0.2, 0) is 0 Å². The van der Waals surface area contributed by atoms with Crippen LogP contribution in [0.2, 0.25) is 0 Å². The summed E-state index contributed by atoms with van der Waals surface area (Å²) < 4.78 is 19.7. The molecule has 0 atom stereocenters. The summed E-state index contributed by atoms with van der Waals surface area (Å²) in [6.07, 6.45) is 2.12. The number of hydrogen-bond donors (Lipinski definition) is 0. The van der Waals surface area contributed by atoms with Crippen molar-refractivity contribution in [2.75, 3.05) is 43.4 Å². The molecular formula is C21H25FN2OS2. The molecule has 27 heavy (non-hydrogen) atoms. The molecular weight excluding hydrogens is 379 g/mol. The molecule has 0 aromatic heterocycles. The minimum absolute atomic E-state index is 0.191. The highest BCUT2D eigenvalue weighted by Gasteiger charge is 2.19. The van der Waals surface area contributed by atoms with Crippen molar-refractivity contribution in [1.82, 2.24) is 4.90 Å². The first-order valence-electron chi connectivity index (χ1n) is 9.32. The molecule has 0 spiro atoms. The van der Waals surface area contributed by atoms with Crippen LogP contribution >= 0.6 is 24.0 Å². The Bertz CT molecular complexity index is 704. The Morgan fingerprint density at radius 1 is 0.963 bits per heavy atom. The highest BCUT2D eigenvalue weighted by Crippen LogP contribution is 2.19. The van der Waals surface area contributed by atoms with Crippen molar-refractivity contribution in [3.63, 3.8) is 0 Å². The van der Waals surface area contributed by atoms with Gasteiger partial charge < -0.3 is 14.5 Å². The van der Waals surface area contributed by atoms with Crippen molar-refractivity contribution in [2.24, 2.45) is 0 Å². The van der Waals surface area contributed by atoms with E-state index in [0.717, 1.165) is 67.1 Å². The van der Waals surface area contributed by atoms with E-state index in [9.17, 15) is 4.39 Å². The molecule has 1 saturated heterocycles. The summed E-state index contributed by atoms with van der Waals surface area (Å²) in [5.41, 5.74) is 1.08. The molecule has 144 valence electrons. The van der Waals surface area contributed by atoms with Crippen molar-refractivity contribution in [1.29, 1.82) is 0 Å². The number of thioether (sulfide) groups is 1. The first-order valence-corrected chi connectivity index (χ1v) is 10.7. The third-order valence-electron chi connectivity index (χ3n) is 4.51. The van der Waals surface area contributed by atoms with Gasteiger partial charge in [0.1, 0.15) is 15.9 Å². The summed E-state index contributed by atoms with van der Waals surface area (Å²) in [6, 6.07) is 16.6. The van der Waals surface area contributed by atoms with Crippen molar-refractivity contribution in [3.8, 4) is 5.75 Å². The lowest BCUT2D eigenvalue weighted by molar-refractivity contribution is 0.310. The summed E-state index contributed by atoms with van der Waals surface area (Å²) in [5, 5.41) is 0. The van der Waals surface area contributed by atoms with Gasteiger partial charge in [-0.15, -0.1) is 0 Å². The van der Waals surface area contributed by atoms with Crippen molar-refractivity contribution in [2.45, 2.75) is 12.8 Å². The minimum atomic E-state index is -0.191. The van der Waals surface area contributed by atoms with Gasteiger partial charge >= 0.3 is 0 Å². The molecule has 0 radical (unpaired) electrons. The Morgan fingerprint density at radius 3 is 2.37 bits per heavy atom. The summed E-state index contributed by atoms with van der Waals surface area (Å²) in [5.74, 6) is 1.76. The molecule has 0 N–H and O–H groups in total. The molecule has 2 aromatic rings. The van der Waals surface area contributed by atoms with E-state index in [2.05, 4.69) is 9.80 Å². The van der Waals surface area contributed by atoms with Gasteiger partial charge in [-0.25, -0.2) is 4.39 Å². The fraction of sp³-hybridized carbons (Fsp3) is 0.381.